The van der Waals surface area contributed by atoms with Crippen molar-refractivity contribution in [3.05, 3.63) is 47.0 Å². The normalized spacial score (nSPS) is 15.7. The molecule has 27 heavy (non-hydrogen) atoms. The standard InChI is InChI=1S/C21H25NO5/c1-13-16-12-20(27-5)19(26-4)10-14(16)8-9-22(13)21(23)15-6-7-17(24-2)18(11-15)25-3/h6-7,10-13H,8-9H2,1-5H3/t13-/m1/s1. The Morgan fingerprint density at radius 3 is 2.11 bits per heavy atom. The number of hydrogen-bond donors (Lipinski definition) is 0. The van der Waals surface area contributed by atoms with Crippen LogP contribution in [0.3, 0.4) is 0 Å². The van der Waals surface area contributed by atoms with E-state index in [0.717, 1.165) is 12.0 Å². The molecule has 0 saturated heterocycles. The van der Waals surface area contributed by atoms with Gasteiger partial charge in [0.1, 0.15) is 0 Å². The fourth-order valence-corrected chi connectivity index (χ4v) is 3.56. The Morgan fingerprint density at radius 2 is 1.48 bits per heavy atom. The lowest BCUT2D eigenvalue weighted by molar-refractivity contribution is 0.0677. The summed E-state index contributed by atoms with van der Waals surface area (Å²) in [5.74, 6) is 2.48. The highest BCUT2D eigenvalue weighted by molar-refractivity contribution is 5.95. The van der Waals surface area contributed by atoms with E-state index in [0.29, 0.717) is 35.1 Å². The number of hydrogen-bond acceptors (Lipinski definition) is 5. The van der Waals surface area contributed by atoms with E-state index in [2.05, 4.69) is 0 Å². The van der Waals surface area contributed by atoms with Crippen LogP contribution in [0.2, 0.25) is 0 Å². The van der Waals surface area contributed by atoms with E-state index in [1.807, 2.05) is 24.0 Å². The molecule has 0 saturated carbocycles. The Balaban J connectivity index is 1.92. The van der Waals surface area contributed by atoms with Crippen molar-refractivity contribution in [2.24, 2.45) is 0 Å². The van der Waals surface area contributed by atoms with Crippen LogP contribution in [-0.2, 0) is 6.42 Å². The van der Waals surface area contributed by atoms with Crippen LogP contribution in [0.25, 0.3) is 0 Å². The molecule has 0 unspecified atom stereocenters. The molecule has 1 amide bonds. The molecule has 0 bridgehead atoms. The summed E-state index contributed by atoms with van der Waals surface area (Å²) in [6.07, 6.45) is 0.763. The molecule has 6 nitrogen and oxygen atoms in total. The summed E-state index contributed by atoms with van der Waals surface area (Å²) in [7, 11) is 6.38. The molecule has 0 radical (unpaired) electrons. The second-order valence-electron chi connectivity index (χ2n) is 6.40. The van der Waals surface area contributed by atoms with Crippen LogP contribution in [0.15, 0.2) is 30.3 Å². The summed E-state index contributed by atoms with van der Waals surface area (Å²) in [5, 5.41) is 0. The summed E-state index contributed by atoms with van der Waals surface area (Å²) < 4.78 is 21.4. The van der Waals surface area contributed by atoms with Crippen LogP contribution >= 0.6 is 0 Å². The van der Waals surface area contributed by atoms with Gasteiger partial charge in [-0.1, -0.05) is 0 Å². The van der Waals surface area contributed by atoms with Gasteiger partial charge in [0.2, 0.25) is 0 Å². The average Bonchev–Trinajstić information content (AvgIpc) is 2.72. The zero-order chi connectivity index (χ0) is 19.6. The van der Waals surface area contributed by atoms with Gasteiger partial charge in [-0.15, -0.1) is 0 Å². The third kappa shape index (κ3) is 3.39. The van der Waals surface area contributed by atoms with E-state index in [1.165, 1.54) is 5.56 Å². The Morgan fingerprint density at radius 1 is 0.889 bits per heavy atom. The molecular formula is C21H25NO5. The number of methoxy groups -OCH3 is 4. The first-order valence-electron chi connectivity index (χ1n) is 8.81. The van der Waals surface area contributed by atoms with Crippen LogP contribution in [0, 0.1) is 0 Å². The molecule has 1 aliphatic heterocycles. The summed E-state index contributed by atoms with van der Waals surface area (Å²) >= 11 is 0. The van der Waals surface area contributed by atoms with Gasteiger partial charge in [0, 0.05) is 12.1 Å². The van der Waals surface area contributed by atoms with Crippen molar-refractivity contribution < 1.29 is 23.7 Å². The minimum absolute atomic E-state index is 0.0381. The maximum absolute atomic E-state index is 13.1. The minimum Gasteiger partial charge on any atom is -0.493 e. The second kappa shape index (κ2) is 7.78. The molecule has 2 aromatic carbocycles. The number of benzene rings is 2. The lowest BCUT2D eigenvalue weighted by atomic mass is 9.92. The van der Waals surface area contributed by atoms with Crippen LogP contribution in [0.1, 0.15) is 34.5 Å². The van der Waals surface area contributed by atoms with Gasteiger partial charge < -0.3 is 23.8 Å². The molecule has 0 aromatic heterocycles. The smallest absolute Gasteiger partial charge is 0.254 e. The lowest BCUT2D eigenvalue weighted by Gasteiger charge is -2.36. The third-order valence-electron chi connectivity index (χ3n) is 5.08. The van der Waals surface area contributed by atoms with Crippen molar-refractivity contribution in [1.82, 2.24) is 4.90 Å². The van der Waals surface area contributed by atoms with E-state index in [1.54, 1.807) is 46.6 Å². The van der Waals surface area contributed by atoms with Crippen molar-refractivity contribution in [1.29, 1.82) is 0 Å². The molecule has 1 atom stereocenters. The molecule has 144 valence electrons. The maximum atomic E-state index is 13.1. The fourth-order valence-electron chi connectivity index (χ4n) is 3.56. The Kier molecular flexibility index (Phi) is 5.44. The fraction of sp³-hybridized carbons (Fsp3) is 0.381. The highest BCUT2D eigenvalue weighted by Gasteiger charge is 2.30. The number of ether oxygens (including phenoxy) is 4. The van der Waals surface area contributed by atoms with E-state index in [4.69, 9.17) is 18.9 Å². The van der Waals surface area contributed by atoms with E-state index < -0.39 is 0 Å². The Bertz CT molecular complexity index is 849. The highest BCUT2D eigenvalue weighted by atomic mass is 16.5. The summed E-state index contributed by atoms with van der Waals surface area (Å²) in [4.78, 5) is 15.0. The number of fused-ring (bicyclic) bond motifs is 1. The Labute approximate surface area is 159 Å². The first-order chi connectivity index (χ1) is 13.0. The molecule has 0 fully saturated rings. The minimum atomic E-state index is -0.0749. The maximum Gasteiger partial charge on any atom is 0.254 e. The zero-order valence-corrected chi connectivity index (χ0v) is 16.4. The van der Waals surface area contributed by atoms with Crippen molar-refractivity contribution in [3.8, 4) is 23.0 Å². The largest absolute Gasteiger partial charge is 0.493 e. The van der Waals surface area contributed by atoms with Crippen molar-refractivity contribution in [3.63, 3.8) is 0 Å². The van der Waals surface area contributed by atoms with Gasteiger partial charge in [-0.3, -0.25) is 4.79 Å². The highest BCUT2D eigenvalue weighted by Crippen LogP contribution is 2.38. The molecule has 3 rings (SSSR count). The van der Waals surface area contributed by atoms with Crippen LogP contribution < -0.4 is 18.9 Å². The summed E-state index contributed by atoms with van der Waals surface area (Å²) in [6.45, 7) is 2.67. The van der Waals surface area contributed by atoms with Gasteiger partial charge >= 0.3 is 0 Å². The molecule has 2 aromatic rings. The van der Waals surface area contributed by atoms with E-state index in [-0.39, 0.29) is 11.9 Å². The van der Waals surface area contributed by atoms with Crippen LogP contribution in [0.5, 0.6) is 23.0 Å². The van der Waals surface area contributed by atoms with Crippen molar-refractivity contribution in [2.45, 2.75) is 19.4 Å². The third-order valence-corrected chi connectivity index (χ3v) is 5.08. The quantitative estimate of drug-likeness (QED) is 0.805. The molecule has 1 heterocycles. The van der Waals surface area contributed by atoms with Gasteiger partial charge in [0.05, 0.1) is 34.5 Å². The van der Waals surface area contributed by atoms with Gasteiger partial charge in [0.25, 0.3) is 5.91 Å². The van der Waals surface area contributed by atoms with Crippen LogP contribution in [0.4, 0.5) is 0 Å². The Hall–Kier alpha value is -2.89. The van der Waals surface area contributed by atoms with Gasteiger partial charge in [-0.25, -0.2) is 0 Å². The number of rotatable bonds is 5. The van der Waals surface area contributed by atoms with Crippen molar-refractivity contribution in [2.75, 3.05) is 35.0 Å². The average molecular weight is 371 g/mol. The SMILES string of the molecule is COc1ccc(C(=O)N2CCc3cc(OC)c(OC)cc3[C@H]2C)cc1OC. The number of carbonyl (C=O) groups excluding carboxylic acids is 1. The van der Waals surface area contributed by atoms with Gasteiger partial charge in [0.15, 0.2) is 23.0 Å². The van der Waals surface area contributed by atoms with Gasteiger partial charge in [-0.2, -0.15) is 0 Å². The predicted octanol–water partition coefficient (Wildman–Crippen LogP) is 3.48. The first-order valence-corrected chi connectivity index (χ1v) is 8.81. The molecule has 6 heteroatoms. The molecule has 1 aliphatic rings. The first kappa shape index (κ1) is 18.9. The lowest BCUT2D eigenvalue weighted by Crippen LogP contribution is -2.38. The van der Waals surface area contributed by atoms with E-state index >= 15 is 0 Å². The van der Waals surface area contributed by atoms with Gasteiger partial charge in [-0.05, 0) is 54.8 Å². The summed E-state index contributed by atoms with van der Waals surface area (Å²) in [6, 6.07) is 9.13. The van der Waals surface area contributed by atoms with Crippen LogP contribution in [-0.4, -0.2) is 45.8 Å². The zero-order valence-electron chi connectivity index (χ0n) is 16.4. The number of amides is 1. The topological polar surface area (TPSA) is 57.2 Å². The second-order valence-corrected chi connectivity index (χ2v) is 6.40. The number of nitrogens with zero attached hydrogens (tertiary/aromatic N) is 1. The van der Waals surface area contributed by atoms with Crippen molar-refractivity contribution >= 4 is 5.91 Å². The molecule has 0 aliphatic carbocycles. The summed E-state index contributed by atoms with van der Waals surface area (Å²) in [5.41, 5.74) is 2.83. The molecular weight excluding hydrogens is 346 g/mol. The van der Waals surface area contributed by atoms with E-state index in [9.17, 15) is 4.79 Å². The molecule has 0 spiro atoms. The molecule has 0 N–H and O–H groups in total. The predicted molar refractivity (Wildman–Crippen MR) is 102 cm³/mol. The number of carbonyl (C=O) groups is 1. The monoisotopic (exact) mass is 371 g/mol.